The SMILES string of the molecule is COc1ccc(-c2nc(CN3C(=O)N(C(C)C)C(=O)C4CCCCC43)c(C)o2)cc1. The molecular formula is C23H29N3O4. The van der Waals surface area contributed by atoms with Crippen LogP contribution in [0.3, 0.4) is 0 Å². The number of benzene rings is 1. The number of ether oxygens (including phenoxy) is 1. The maximum atomic E-state index is 13.3. The van der Waals surface area contributed by atoms with Crippen LogP contribution >= 0.6 is 0 Å². The summed E-state index contributed by atoms with van der Waals surface area (Å²) in [6.45, 7) is 6.00. The molecule has 2 aromatic rings. The minimum Gasteiger partial charge on any atom is -0.497 e. The van der Waals surface area contributed by atoms with E-state index in [0.29, 0.717) is 18.2 Å². The van der Waals surface area contributed by atoms with E-state index in [0.717, 1.165) is 42.7 Å². The summed E-state index contributed by atoms with van der Waals surface area (Å²) in [5.74, 6) is 1.84. The molecule has 1 saturated carbocycles. The summed E-state index contributed by atoms with van der Waals surface area (Å²) in [4.78, 5) is 34.2. The number of oxazole rings is 1. The van der Waals surface area contributed by atoms with E-state index in [1.807, 2.05) is 49.9 Å². The van der Waals surface area contributed by atoms with Crippen LogP contribution in [0.25, 0.3) is 11.5 Å². The number of rotatable bonds is 5. The van der Waals surface area contributed by atoms with Crippen molar-refractivity contribution >= 4 is 11.9 Å². The molecule has 0 radical (unpaired) electrons. The number of carbonyl (C=O) groups excluding carboxylic acids is 2. The molecule has 4 rings (SSSR count). The average Bonchev–Trinajstić information content (AvgIpc) is 3.11. The molecule has 2 aliphatic rings. The standard InChI is InChI=1S/C23H29N3O4/c1-14(2)26-22(27)18-7-5-6-8-20(18)25(23(26)28)13-19-15(3)30-21(24-19)16-9-11-17(29-4)12-10-16/h9-12,14,18,20H,5-8,13H2,1-4H3. The summed E-state index contributed by atoms with van der Waals surface area (Å²) in [6.07, 6.45) is 3.77. The Morgan fingerprint density at radius 1 is 1.17 bits per heavy atom. The highest BCUT2D eigenvalue weighted by atomic mass is 16.5. The van der Waals surface area contributed by atoms with Gasteiger partial charge in [-0.1, -0.05) is 12.8 Å². The maximum Gasteiger partial charge on any atom is 0.327 e. The summed E-state index contributed by atoms with van der Waals surface area (Å²) in [6, 6.07) is 7.08. The Balaban J connectivity index is 1.62. The second kappa shape index (κ2) is 8.13. The van der Waals surface area contributed by atoms with E-state index in [9.17, 15) is 9.59 Å². The number of amides is 3. The van der Waals surface area contributed by atoms with E-state index in [2.05, 4.69) is 4.98 Å². The second-order valence-corrected chi connectivity index (χ2v) is 8.42. The number of aryl methyl sites for hydroxylation is 1. The Morgan fingerprint density at radius 3 is 2.53 bits per heavy atom. The van der Waals surface area contributed by atoms with Gasteiger partial charge in [-0.15, -0.1) is 0 Å². The Bertz CT molecular complexity index is 934. The number of nitrogens with zero attached hydrogens (tertiary/aromatic N) is 3. The van der Waals surface area contributed by atoms with Gasteiger partial charge in [0.15, 0.2) is 0 Å². The summed E-state index contributed by atoms with van der Waals surface area (Å²) >= 11 is 0. The fourth-order valence-corrected chi connectivity index (χ4v) is 4.58. The molecule has 7 nitrogen and oxygen atoms in total. The first kappa shape index (κ1) is 20.4. The van der Waals surface area contributed by atoms with Gasteiger partial charge in [0.25, 0.3) is 0 Å². The van der Waals surface area contributed by atoms with Crippen molar-refractivity contribution < 1.29 is 18.7 Å². The molecular weight excluding hydrogens is 382 g/mol. The van der Waals surface area contributed by atoms with Gasteiger partial charge in [0.05, 0.1) is 19.6 Å². The molecule has 160 valence electrons. The molecule has 3 amide bonds. The molecule has 0 bridgehead atoms. The third-order valence-corrected chi connectivity index (χ3v) is 6.20. The predicted molar refractivity (Wildman–Crippen MR) is 112 cm³/mol. The lowest BCUT2D eigenvalue weighted by atomic mass is 9.81. The summed E-state index contributed by atoms with van der Waals surface area (Å²) in [7, 11) is 1.63. The van der Waals surface area contributed by atoms with Crippen LogP contribution in [0, 0.1) is 12.8 Å². The number of urea groups is 1. The maximum absolute atomic E-state index is 13.3. The van der Waals surface area contributed by atoms with Crippen LogP contribution < -0.4 is 4.74 Å². The molecule has 1 aromatic carbocycles. The molecule has 2 heterocycles. The largest absolute Gasteiger partial charge is 0.497 e. The van der Waals surface area contributed by atoms with Crippen LogP contribution in [0.15, 0.2) is 28.7 Å². The van der Waals surface area contributed by atoms with Gasteiger partial charge in [0.1, 0.15) is 17.2 Å². The van der Waals surface area contributed by atoms with Crippen LogP contribution in [0.5, 0.6) is 5.75 Å². The summed E-state index contributed by atoms with van der Waals surface area (Å²) in [5.41, 5.74) is 1.58. The van der Waals surface area contributed by atoms with Gasteiger partial charge >= 0.3 is 6.03 Å². The van der Waals surface area contributed by atoms with Crippen LogP contribution in [0.4, 0.5) is 4.79 Å². The zero-order valence-corrected chi connectivity index (χ0v) is 18.1. The van der Waals surface area contributed by atoms with Crippen LogP contribution in [0.1, 0.15) is 51.0 Å². The smallest absolute Gasteiger partial charge is 0.327 e. The van der Waals surface area contributed by atoms with Crippen molar-refractivity contribution in [3.8, 4) is 17.2 Å². The number of carbonyl (C=O) groups is 2. The van der Waals surface area contributed by atoms with Crippen molar-refractivity contribution in [1.82, 2.24) is 14.8 Å². The van der Waals surface area contributed by atoms with E-state index in [1.165, 1.54) is 4.90 Å². The lowest BCUT2D eigenvalue weighted by Gasteiger charge is -2.47. The summed E-state index contributed by atoms with van der Waals surface area (Å²) < 4.78 is 11.1. The molecule has 0 N–H and O–H groups in total. The highest BCUT2D eigenvalue weighted by Gasteiger charge is 2.47. The normalized spacial score (nSPS) is 21.9. The van der Waals surface area contributed by atoms with Crippen molar-refractivity contribution in [2.24, 2.45) is 5.92 Å². The van der Waals surface area contributed by atoms with Gasteiger partial charge in [-0.25, -0.2) is 9.78 Å². The molecule has 1 aromatic heterocycles. The first-order valence-electron chi connectivity index (χ1n) is 10.6. The van der Waals surface area contributed by atoms with Gasteiger partial charge in [-0.2, -0.15) is 0 Å². The molecule has 7 heteroatoms. The minimum absolute atomic E-state index is 0.0215. The number of imide groups is 1. The molecule has 0 spiro atoms. The van der Waals surface area contributed by atoms with Crippen LogP contribution in [0.2, 0.25) is 0 Å². The lowest BCUT2D eigenvalue weighted by molar-refractivity contribution is -0.142. The molecule has 30 heavy (non-hydrogen) atoms. The van der Waals surface area contributed by atoms with Crippen molar-refractivity contribution in [2.45, 2.75) is 65.1 Å². The third-order valence-electron chi connectivity index (χ3n) is 6.20. The van der Waals surface area contributed by atoms with Gasteiger partial charge in [-0.3, -0.25) is 9.69 Å². The first-order valence-corrected chi connectivity index (χ1v) is 10.6. The zero-order valence-electron chi connectivity index (χ0n) is 18.1. The van der Waals surface area contributed by atoms with E-state index in [4.69, 9.17) is 9.15 Å². The van der Waals surface area contributed by atoms with Crippen LogP contribution in [-0.4, -0.2) is 45.9 Å². The van der Waals surface area contributed by atoms with E-state index in [1.54, 1.807) is 7.11 Å². The number of fused-ring (bicyclic) bond motifs is 1. The number of methoxy groups -OCH3 is 1. The fraction of sp³-hybridized carbons (Fsp3) is 0.522. The van der Waals surface area contributed by atoms with E-state index >= 15 is 0 Å². The van der Waals surface area contributed by atoms with Crippen molar-refractivity contribution in [1.29, 1.82) is 0 Å². The van der Waals surface area contributed by atoms with Crippen molar-refractivity contribution in [2.75, 3.05) is 7.11 Å². The lowest BCUT2D eigenvalue weighted by Crippen LogP contribution is -2.63. The Morgan fingerprint density at radius 2 is 1.87 bits per heavy atom. The molecule has 1 aliphatic carbocycles. The average molecular weight is 412 g/mol. The highest BCUT2D eigenvalue weighted by Crippen LogP contribution is 2.36. The molecule has 2 fully saturated rings. The van der Waals surface area contributed by atoms with Gasteiger partial charge in [-0.05, 0) is 57.9 Å². The number of hydrogen-bond acceptors (Lipinski definition) is 5. The zero-order chi connectivity index (χ0) is 21.4. The van der Waals surface area contributed by atoms with Gasteiger partial charge < -0.3 is 14.1 Å². The second-order valence-electron chi connectivity index (χ2n) is 8.42. The quantitative estimate of drug-likeness (QED) is 0.729. The Kier molecular flexibility index (Phi) is 5.54. The van der Waals surface area contributed by atoms with E-state index in [-0.39, 0.29) is 29.9 Å². The number of hydrogen-bond donors (Lipinski definition) is 0. The Labute approximate surface area is 177 Å². The minimum atomic E-state index is -0.216. The highest BCUT2D eigenvalue weighted by molar-refractivity contribution is 5.99. The predicted octanol–water partition coefficient (Wildman–Crippen LogP) is 4.39. The van der Waals surface area contributed by atoms with Gasteiger partial charge in [0, 0.05) is 17.6 Å². The Hall–Kier alpha value is -2.83. The van der Waals surface area contributed by atoms with E-state index < -0.39 is 0 Å². The molecule has 1 aliphatic heterocycles. The third kappa shape index (κ3) is 3.57. The van der Waals surface area contributed by atoms with Crippen molar-refractivity contribution in [3.63, 3.8) is 0 Å². The molecule has 1 saturated heterocycles. The molecule has 2 unspecified atom stereocenters. The van der Waals surface area contributed by atoms with Crippen LogP contribution in [-0.2, 0) is 11.3 Å². The van der Waals surface area contributed by atoms with Crippen molar-refractivity contribution in [3.05, 3.63) is 35.7 Å². The fourth-order valence-electron chi connectivity index (χ4n) is 4.58. The van der Waals surface area contributed by atoms with Gasteiger partial charge in [0.2, 0.25) is 11.8 Å². The number of aromatic nitrogens is 1. The summed E-state index contributed by atoms with van der Waals surface area (Å²) in [5, 5.41) is 0. The monoisotopic (exact) mass is 411 g/mol. The molecule has 2 atom stereocenters. The topological polar surface area (TPSA) is 75.9 Å². The first-order chi connectivity index (χ1) is 14.4.